The molecule has 8 heteroatoms. The second-order valence-corrected chi connectivity index (χ2v) is 8.44. The highest BCUT2D eigenvalue weighted by molar-refractivity contribution is 9.10. The molecule has 0 N–H and O–H groups in total. The van der Waals surface area contributed by atoms with Gasteiger partial charge in [-0.25, -0.2) is 0 Å². The third-order valence-corrected chi connectivity index (χ3v) is 6.42. The summed E-state index contributed by atoms with van der Waals surface area (Å²) in [5.74, 6) is 1.57. The van der Waals surface area contributed by atoms with Crippen LogP contribution in [0.5, 0.6) is 5.75 Å². The van der Waals surface area contributed by atoms with Gasteiger partial charge < -0.3 is 4.74 Å². The van der Waals surface area contributed by atoms with Gasteiger partial charge in [-0.05, 0) is 52.4 Å². The zero-order valence-corrected chi connectivity index (χ0v) is 17.1. The molecule has 2 aromatic heterocycles. The van der Waals surface area contributed by atoms with Crippen LogP contribution >= 0.6 is 38.9 Å². The van der Waals surface area contributed by atoms with E-state index in [1.165, 1.54) is 10.4 Å². The van der Waals surface area contributed by atoms with Crippen LogP contribution in [-0.2, 0) is 6.42 Å². The van der Waals surface area contributed by atoms with E-state index >= 15 is 0 Å². The van der Waals surface area contributed by atoms with Crippen molar-refractivity contribution in [3.63, 3.8) is 0 Å². The fraction of sp³-hybridized carbons (Fsp3) is 0.105. The Hall–Kier alpha value is -2.22. The largest absolute Gasteiger partial charge is 0.493 e. The molecule has 0 amide bonds. The van der Waals surface area contributed by atoms with Crippen LogP contribution in [0.2, 0.25) is 5.02 Å². The molecule has 134 valence electrons. The van der Waals surface area contributed by atoms with Gasteiger partial charge in [0.2, 0.25) is 0 Å². The molecule has 1 aliphatic rings. The van der Waals surface area contributed by atoms with E-state index in [0.29, 0.717) is 17.5 Å². The Morgan fingerprint density at radius 2 is 2.04 bits per heavy atom. The third-order valence-electron chi connectivity index (χ3n) is 4.40. The fourth-order valence-corrected chi connectivity index (χ4v) is 4.92. The van der Waals surface area contributed by atoms with Crippen molar-refractivity contribution in [2.45, 2.75) is 6.42 Å². The number of tetrazole rings is 1. The smallest absolute Gasteiger partial charge is 0.197 e. The Kier molecular flexibility index (Phi) is 4.22. The molecular formula is C19H12BrClN4OS. The molecular weight excluding hydrogens is 448 g/mol. The quantitative estimate of drug-likeness (QED) is 0.402. The fourth-order valence-electron chi connectivity index (χ4n) is 3.15. The minimum atomic E-state index is 0.604. The zero-order chi connectivity index (χ0) is 18.4. The van der Waals surface area contributed by atoms with Crippen molar-refractivity contribution in [2.75, 3.05) is 6.61 Å². The van der Waals surface area contributed by atoms with Gasteiger partial charge in [0, 0.05) is 21.3 Å². The molecule has 0 fully saturated rings. The maximum atomic E-state index is 6.35. The SMILES string of the molecule is Clc1ccccc1-n1nnnc1-c1cc2c(s1)-c1ccc(Br)cc1OCC2. The summed E-state index contributed by atoms with van der Waals surface area (Å²) in [5, 5.41) is 12.9. The molecule has 0 atom stereocenters. The molecule has 0 unspecified atom stereocenters. The molecule has 0 aliphatic carbocycles. The topological polar surface area (TPSA) is 52.8 Å². The highest BCUT2D eigenvalue weighted by Crippen LogP contribution is 2.44. The molecule has 2 aromatic carbocycles. The number of benzene rings is 2. The lowest BCUT2D eigenvalue weighted by Crippen LogP contribution is -2.00. The van der Waals surface area contributed by atoms with Crippen LogP contribution < -0.4 is 4.74 Å². The molecule has 1 aliphatic heterocycles. The molecule has 0 saturated carbocycles. The van der Waals surface area contributed by atoms with Crippen LogP contribution in [0, 0.1) is 0 Å². The molecule has 5 rings (SSSR count). The van der Waals surface area contributed by atoms with Crippen molar-refractivity contribution in [3.8, 4) is 32.6 Å². The Bertz CT molecular complexity index is 1160. The summed E-state index contributed by atoms with van der Waals surface area (Å²) in [4.78, 5) is 2.19. The summed E-state index contributed by atoms with van der Waals surface area (Å²) in [6.45, 7) is 0.641. The Morgan fingerprint density at radius 1 is 1.15 bits per heavy atom. The second-order valence-electron chi connectivity index (χ2n) is 6.07. The number of nitrogens with zero attached hydrogens (tertiary/aromatic N) is 4. The van der Waals surface area contributed by atoms with E-state index in [1.807, 2.05) is 36.4 Å². The molecule has 4 aromatic rings. The number of hydrogen-bond donors (Lipinski definition) is 0. The molecule has 3 heterocycles. The molecule has 0 radical (unpaired) electrons. The van der Waals surface area contributed by atoms with E-state index in [9.17, 15) is 0 Å². The van der Waals surface area contributed by atoms with Gasteiger partial charge in [-0.15, -0.1) is 16.4 Å². The van der Waals surface area contributed by atoms with Gasteiger partial charge in [0.05, 0.1) is 22.2 Å². The van der Waals surface area contributed by atoms with Gasteiger partial charge in [-0.1, -0.05) is 39.7 Å². The summed E-state index contributed by atoms with van der Waals surface area (Å²) in [7, 11) is 0. The van der Waals surface area contributed by atoms with E-state index in [0.717, 1.165) is 32.8 Å². The predicted octanol–water partition coefficient (Wildman–Crippen LogP) is 5.41. The first kappa shape index (κ1) is 16.9. The highest BCUT2D eigenvalue weighted by atomic mass is 79.9. The first-order valence-electron chi connectivity index (χ1n) is 8.30. The number of rotatable bonds is 2. The summed E-state index contributed by atoms with van der Waals surface area (Å²) in [6, 6.07) is 15.8. The lowest BCUT2D eigenvalue weighted by molar-refractivity contribution is 0.326. The highest BCUT2D eigenvalue weighted by Gasteiger charge is 2.22. The van der Waals surface area contributed by atoms with Crippen LogP contribution in [0.15, 0.2) is 53.0 Å². The van der Waals surface area contributed by atoms with E-state index in [4.69, 9.17) is 16.3 Å². The molecule has 0 saturated heterocycles. The van der Waals surface area contributed by atoms with Gasteiger partial charge in [-0.3, -0.25) is 0 Å². The van der Waals surface area contributed by atoms with Crippen molar-refractivity contribution in [1.29, 1.82) is 0 Å². The standard InChI is InChI=1S/C19H12BrClN4OS/c20-12-5-6-13-16(10-12)26-8-7-11-9-17(27-18(11)13)19-22-23-24-25(19)15-4-2-1-3-14(15)21/h1-6,9-10H,7-8H2. The average molecular weight is 460 g/mol. The van der Waals surface area contributed by atoms with E-state index < -0.39 is 0 Å². The van der Waals surface area contributed by atoms with Crippen LogP contribution in [0.1, 0.15) is 5.56 Å². The van der Waals surface area contributed by atoms with Gasteiger partial charge in [-0.2, -0.15) is 4.68 Å². The van der Waals surface area contributed by atoms with Gasteiger partial charge >= 0.3 is 0 Å². The third kappa shape index (κ3) is 2.96. The summed E-state index contributed by atoms with van der Waals surface area (Å²) < 4.78 is 8.61. The van der Waals surface area contributed by atoms with Crippen molar-refractivity contribution < 1.29 is 4.74 Å². The summed E-state index contributed by atoms with van der Waals surface area (Å²) in [5.41, 5.74) is 3.10. The number of fused-ring (bicyclic) bond motifs is 3. The maximum absolute atomic E-state index is 6.35. The first-order valence-corrected chi connectivity index (χ1v) is 10.3. The van der Waals surface area contributed by atoms with Crippen molar-refractivity contribution in [2.24, 2.45) is 0 Å². The Labute approximate surface area is 172 Å². The lowest BCUT2D eigenvalue weighted by atomic mass is 10.1. The second kappa shape index (κ2) is 6.74. The van der Waals surface area contributed by atoms with Crippen LogP contribution in [0.4, 0.5) is 0 Å². The summed E-state index contributed by atoms with van der Waals surface area (Å²) >= 11 is 11.5. The molecule has 27 heavy (non-hydrogen) atoms. The van der Waals surface area contributed by atoms with Crippen LogP contribution in [0.25, 0.3) is 26.8 Å². The van der Waals surface area contributed by atoms with Crippen molar-refractivity contribution >= 4 is 38.9 Å². The number of halogens is 2. The van der Waals surface area contributed by atoms with Gasteiger partial charge in [0.25, 0.3) is 0 Å². The Morgan fingerprint density at radius 3 is 2.93 bits per heavy atom. The number of aromatic nitrogens is 4. The molecule has 5 nitrogen and oxygen atoms in total. The first-order chi connectivity index (χ1) is 13.2. The number of para-hydroxylation sites is 1. The predicted molar refractivity (Wildman–Crippen MR) is 110 cm³/mol. The Balaban J connectivity index is 1.65. The number of thiophene rings is 1. The van der Waals surface area contributed by atoms with E-state index in [2.05, 4.69) is 43.6 Å². The number of hydrogen-bond acceptors (Lipinski definition) is 5. The molecule has 0 bridgehead atoms. The minimum Gasteiger partial charge on any atom is -0.493 e. The monoisotopic (exact) mass is 458 g/mol. The van der Waals surface area contributed by atoms with Crippen LogP contribution in [0.3, 0.4) is 0 Å². The van der Waals surface area contributed by atoms with Crippen LogP contribution in [-0.4, -0.2) is 26.8 Å². The van der Waals surface area contributed by atoms with Crippen molar-refractivity contribution in [1.82, 2.24) is 20.2 Å². The average Bonchev–Trinajstić information content (AvgIpc) is 3.26. The van der Waals surface area contributed by atoms with Crippen molar-refractivity contribution in [3.05, 3.63) is 63.6 Å². The zero-order valence-electron chi connectivity index (χ0n) is 13.9. The minimum absolute atomic E-state index is 0.604. The van der Waals surface area contributed by atoms with Gasteiger partial charge in [0.1, 0.15) is 5.75 Å². The maximum Gasteiger partial charge on any atom is 0.197 e. The summed E-state index contributed by atoms with van der Waals surface area (Å²) in [6.07, 6.45) is 0.839. The normalized spacial score (nSPS) is 12.8. The molecule has 0 spiro atoms. The van der Waals surface area contributed by atoms with E-state index in [1.54, 1.807) is 16.0 Å². The van der Waals surface area contributed by atoms with Gasteiger partial charge in [0.15, 0.2) is 5.82 Å². The van der Waals surface area contributed by atoms with E-state index in [-0.39, 0.29) is 0 Å². The lowest BCUT2D eigenvalue weighted by Gasteiger charge is -2.07. The number of ether oxygens (including phenoxy) is 1.